The summed E-state index contributed by atoms with van der Waals surface area (Å²) in [4.78, 5) is 21.9. The lowest BCUT2D eigenvalue weighted by Gasteiger charge is -2.14. The predicted octanol–water partition coefficient (Wildman–Crippen LogP) is 0.808. The molecule has 0 bridgehead atoms. The van der Waals surface area contributed by atoms with Gasteiger partial charge in [-0.3, -0.25) is 10.1 Å². The van der Waals surface area contributed by atoms with Gasteiger partial charge in [0.25, 0.3) is 5.91 Å². The minimum Gasteiger partial charge on any atom is -0.481 e. The maximum Gasteiger partial charge on any atom is 0.318 e. The summed E-state index contributed by atoms with van der Waals surface area (Å²) in [5.74, 6) is -1.06. The molecule has 1 rings (SSSR count). The lowest BCUT2D eigenvalue weighted by atomic mass is 10.1. The van der Waals surface area contributed by atoms with Crippen LogP contribution in [0.3, 0.4) is 0 Å². The Hall–Kier alpha value is -2.15. The Morgan fingerprint density at radius 1 is 1.37 bits per heavy atom. The van der Waals surface area contributed by atoms with Crippen LogP contribution in [0.1, 0.15) is 25.5 Å². The fraction of sp³-hybridized carbons (Fsp3) is 0.333. The average molecular weight is 269 g/mol. The van der Waals surface area contributed by atoms with Crippen LogP contribution in [0.25, 0.3) is 0 Å². The second kappa shape index (κ2) is 6.14. The maximum absolute atomic E-state index is 13.6. The van der Waals surface area contributed by atoms with Crippen LogP contribution in [0.5, 0.6) is 5.75 Å². The largest absolute Gasteiger partial charge is 0.481 e. The molecule has 7 heteroatoms. The first kappa shape index (κ1) is 14.9. The topological polar surface area (TPSA) is 107 Å². The molecule has 1 aromatic rings. The molecule has 1 aromatic carbocycles. The Labute approximate surface area is 109 Å². The van der Waals surface area contributed by atoms with E-state index in [0.29, 0.717) is 5.56 Å². The molecule has 0 fully saturated rings. The van der Waals surface area contributed by atoms with Gasteiger partial charge >= 0.3 is 6.03 Å². The number of benzene rings is 1. The highest BCUT2D eigenvalue weighted by Crippen LogP contribution is 2.21. The number of hydrogen-bond acceptors (Lipinski definition) is 4. The van der Waals surface area contributed by atoms with E-state index in [1.807, 2.05) is 5.32 Å². The van der Waals surface area contributed by atoms with Crippen LogP contribution in [0.2, 0.25) is 0 Å². The number of urea groups is 1. The van der Waals surface area contributed by atoms with Gasteiger partial charge in [-0.05, 0) is 19.9 Å². The van der Waals surface area contributed by atoms with Crippen molar-refractivity contribution in [2.24, 2.45) is 11.5 Å². The second-order valence-electron chi connectivity index (χ2n) is 4.09. The van der Waals surface area contributed by atoms with Crippen molar-refractivity contribution in [2.75, 3.05) is 0 Å². The number of hydrogen-bond donors (Lipinski definition) is 3. The Bertz CT molecular complexity index is 491. The first-order chi connectivity index (χ1) is 8.81. The summed E-state index contributed by atoms with van der Waals surface area (Å²) in [7, 11) is 0. The summed E-state index contributed by atoms with van der Waals surface area (Å²) in [6.07, 6.45) is -0.979. The van der Waals surface area contributed by atoms with Gasteiger partial charge in [0.2, 0.25) is 0 Å². The molecule has 0 aliphatic heterocycles. The highest BCUT2D eigenvalue weighted by atomic mass is 19.1. The molecule has 2 atom stereocenters. The van der Waals surface area contributed by atoms with E-state index in [9.17, 15) is 14.0 Å². The smallest absolute Gasteiger partial charge is 0.318 e. The molecule has 0 spiro atoms. The molecule has 3 amide bonds. The Morgan fingerprint density at radius 3 is 2.47 bits per heavy atom. The number of ether oxygens (including phenoxy) is 1. The van der Waals surface area contributed by atoms with Crippen LogP contribution in [-0.4, -0.2) is 18.0 Å². The van der Waals surface area contributed by atoms with Crippen molar-refractivity contribution in [3.8, 4) is 5.75 Å². The number of nitrogens with two attached hydrogens (primary N) is 2. The average Bonchev–Trinajstić information content (AvgIpc) is 2.27. The maximum atomic E-state index is 13.6. The molecule has 0 aromatic heterocycles. The third-order valence-electron chi connectivity index (χ3n) is 2.39. The van der Waals surface area contributed by atoms with Gasteiger partial charge in [0.05, 0.1) is 0 Å². The number of primary amides is 1. The number of rotatable bonds is 4. The monoisotopic (exact) mass is 269 g/mol. The van der Waals surface area contributed by atoms with E-state index >= 15 is 0 Å². The summed E-state index contributed by atoms with van der Waals surface area (Å²) in [6.45, 7) is 3.07. The second-order valence-corrected chi connectivity index (χ2v) is 4.09. The minimum atomic E-state index is -0.979. The van der Waals surface area contributed by atoms with Crippen molar-refractivity contribution in [1.82, 2.24) is 5.32 Å². The molecule has 5 N–H and O–H groups in total. The van der Waals surface area contributed by atoms with Gasteiger partial charge in [0.15, 0.2) is 6.10 Å². The highest BCUT2D eigenvalue weighted by molar-refractivity contribution is 5.95. The molecule has 1 unspecified atom stereocenters. The SMILES string of the molecule is CC(Oc1ccc([C@H](C)N)c(F)c1)C(=O)NC(N)=O. The van der Waals surface area contributed by atoms with Gasteiger partial charge in [-0.1, -0.05) is 6.07 Å². The van der Waals surface area contributed by atoms with Crippen LogP contribution in [0.15, 0.2) is 18.2 Å². The Kier molecular flexibility index (Phi) is 4.82. The first-order valence-corrected chi connectivity index (χ1v) is 5.63. The van der Waals surface area contributed by atoms with Crippen molar-refractivity contribution in [1.29, 1.82) is 0 Å². The molecule has 6 nitrogen and oxygen atoms in total. The van der Waals surface area contributed by atoms with Crippen molar-refractivity contribution in [3.05, 3.63) is 29.6 Å². The number of nitrogens with one attached hydrogen (secondary N) is 1. The van der Waals surface area contributed by atoms with Crippen molar-refractivity contribution in [2.45, 2.75) is 26.0 Å². The standard InChI is InChI=1S/C12H16FN3O3/c1-6(14)9-4-3-8(5-10(9)13)19-7(2)11(17)16-12(15)18/h3-7H,14H2,1-2H3,(H3,15,16,17,18)/t6-,7?/m0/s1. The lowest BCUT2D eigenvalue weighted by Crippen LogP contribution is -2.42. The van der Waals surface area contributed by atoms with Crippen LogP contribution in [0.4, 0.5) is 9.18 Å². The van der Waals surface area contributed by atoms with E-state index in [2.05, 4.69) is 0 Å². The predicted molar refractivity (Wildman–Crippen MR) is 66.8 cm³/mol. The lowest BCUT2D eigenvalue weighted by molar-refractivity contribution is -0.126. The quantitative estimate of drug-likeness (QED) is 0.751. The van der Waals surface area contributed by atoms with Crippen molar-refractivity contribution >= 4 is 11.9 Å². The van der Waals surface area contributed by atoms with E-state index in [-0.39, 0.29) is 5.75 Å². The van der Waals surface area contributed by atoms with Gasteiger partial charge in [-0.25, -0.2) is 9.18 Å². The molecule has 0 heterocycles. The fourth-order valence-electron chi connectivity index (χ4n) is 1.43. The van der Waals surface area contributed by atoms with E-state index in [1.165, 1.54) is 19.1 Å². The van der Waals surface area contributed by atoms with Gasteiger partial charge in [0, 0.05) is 17.7 Å². The van der Waals surface area contributed by atoms with Crippen LogP contribution < -0.4 is 21.5 Å². The number of imide groups is 1. The van der Waals surface area contributed by atoms with E-state index in [4.69, 9.17) is 16.2 Å². The molecular weight excluding hydrogens is 253 g/mol. The molecule has 104 valence electrons. The third kappa shape index (κ3) is 4.22. The summed E-state index contributed by atoms with van der Waals surface area (Å²) < 4.78 is 18.8. The summed E-state index contributed by atoms with van der Waals surface area (Å²) in [5, 5.41) is 1.87. The highest BCUT2D eigenvalue weighted by Gasteiger charge is 2.17. The van der Waals surface area contributed by atoms with E-state index < -0.39 is 29.9 Å². The Morgan fingerprint density at radius 2 is 2.00 bits per heavy atom. The van der Waals surface area contributed by atoms with Crippen LogP contribution in [0, 0.1) is 5.82 Å². The zero-order chi connectivity index (χ0) is 14.6. The fourth-order valence-corrected chi connectivity index (χ4v) is 1.43. The minimum absolute atomic E-state index is 0.161. The number of carbonyl (C=O) groups is 2. The normalized spacial score (nSPS) is 13.5. The molecule has 0 radical (unpaired) electrons. The zero-order valence-electron chi connectivity index (χ0n) is 10.6. The molecule has 0 aliphatic carbocycles. The molecule has 0 saturated heterocycles. The zero-order valence-corrected chi connectivity index (χ0v) is 10.6. The summed E-state index contributed by atoms with van der Waals surface area (Å²) >= 11 is 0. The van der Waals surface area contributed by atoms with Crippen LogP contribution >= 0.6 is 0 Å². The number of halogens is 1. The van der Waals surface area contributed by atoms with Crippen molar-refractivity contribution < 1.29 is 18.7 Å². The first-order valence-electron chi connectivity index (χ1n) is 5.63. The van der Waals surface area contributed by atoms with Crippen LogP contribution in [-0.2, 0) is 4.79 Å². The molecule has 19 heavy (non-hydrogen) atoms. The van der Waals surface area contributed by atoms with E-state index in [0.717, 1.165) is 6.07 Å². The Balaban J connectivity index is 2.75. The summed E-state index contributed by atoms with van der Waals surface area (Å²) in [5.41, 5.74) is 10.7. The molecule has 0 saturated carbocycles. The van der Waals surface area contributed by atoms with Gasteiger partial charge in [-0.15, -0.1) is 0 Å². The number of carbonyl (C=O) groups excluding carboxylic acids is 2. The van der Waals surface area contributed by atoms with E-state index in [1.54, 1.807) is 6.92 Å². The van der Waals surface area contributed by atoms with Gasteiger partial charge in [0.1, 0.15) is 11.6 Å². The summed E-state index contributed by atoms with van der Waals surface area (Å²) in [6, 6.07) is 2.69. The molecule has 0 aliphatic rings. The van der Waals surface area contributed by atoms with Crippen molar-refractivity contribution in [3.63, 3.8) is 0 Å². The van der Waals surface area contributed by atoms with Gasteiger partial charge < -0.3 is 16.2 Å². The van der Waals surface area contributed by atoms with Gasteiger partial charge in [-0.2, -0.15) is 0 Å². The third-order valence-corrected chi connectivity index (χ3v) is 2.39. The number of amides is 3. The molecular formula is C12H16FN3O3.